The number of aliphatic hydroxyl groups is 1. The molecule has 0 fully saturated rings. The maximum absolute atomic E-state index is 11.4. The summed E-state index contributed by atoms with van der Waals surface area (Å²) in [5, 5.41) is 16.5. The van der Waals surface area contributed by atoms with Gasteiger partial charge in [-0.1, -0.05) is 6.92 Å². The number of nitrogens with zero attached hydrogens (tertiary/aromatic N) is 1. The molecule has 0 aliphatic carbocycles. The first-order valence-electron chi connectivity index (χ1n) is 4.50. The van der Waals surface area contributed by atoms with E-state index in [-0.39, 0.29) is 13.0 Å². The monoisotopic (exact) mass is 220 g/mol. The van der Waals surface area contributed by atoms with Gasteiger partial charge in [-0.3, -0.25) is 0 Å². The minimum atomic E-state index is -3.54. The van der Waals surface area contributed by atoms with Crippen molar-refractivity contribution < 1.29 is 13.5 Å². The predicted octanol–water partition coefficient (Wildman–Crippen LogP) is -0.0211. The van der Waals surface area contributed by atoms with Gasteiger partial charge < -0.3 is 5.11 Å². The summed E-state index contributed by atoms with van der Waals surface area (Å²) < 4.78 is 25.0. The summed E-state index contributed by atoms with van der Waals surface area (Å²) in [6.07, 6.45) is 0.0709. The van der Waals surface area contributed by atoms with Crippen molar-refractivity contribution in [2.45, 2.75) is 38.0 Å². The van der Waals surface area contributed by atoms with E-state index in [1.165, 1.54) is 0 Å². The summed E-state index contributed by atoms with van der Waals surface area (Å²) in [4.78, 5) is 0. The average molecular weight is 220 g/mol. The van der Waals surface area contributed by atoms with Crippen LogP contribution in [0, 0.1) is 11.3 Å². The highest BCUT2D eigenvalue weighted by Gasteiger charge is 2.22. The fraction of sp³-hybridized carbons (Fsp3) is 0.875. The van der Waals surface area contributed by atoms with Crippen LogP contribution >= 0.6 is 0 Å². The van der Waals surface area contributed by atoms with Gasteiger partial charge in [0.15, 0.2) is 5.25 Å². The van der Waals surface area contributed by atoms with Gasteiger partial charge in [0, 0.05) is 6.54 Å². The smallest absolute Gasteiger partial charge is 0.227 e. The van der Waals surface area contributed by atoms with Gasteiger partial charge in [0.1, 0.15) is 0 Å². The van der Waals surface area contributed by atoms with E-state index in [0.29, 0.717) is 6.42 Å². The van der Waals surface area contributed by atoms with Crippen molar-refractivity contribution in [1.29, 1.82) is 5.26 Å². The van der Waals surface area contributed by atoms with E-state index < -0.39 is 21.4 Å². The predicted molar refractivity (Wildman–Crippen MR) is 52.9 cm³/mol. The molecule has 0 aliphatic rings. The van der Waals surface area contributed by atoms with Crippen LogP contribution in [0.4, 0.5) is 0 Å². The van der Waals surface area contributed by atoms with Crippen LogP contribution in [0.25, 0.3) is 0 Å². The van der Waals surface area contributed by atoms with E-state index >= 15 is 0 Å². The van der Waals surface area contributed by atoms with Crippen LogP contribution in [0.15, 0.2) is 0 Å². The third-order valence-corrected chi connectivity index (χ3v) is 3.55. The molecule has 2 N–H and O–H groups in total. The highest BCUT2D eigenvalue weighted by atomic mass is 32.2. The lowest BCUT2D eigenvalue weighted by Gasteiger charge is -2.10. The highest BCUT2D eigenvalue weighted by molar-refractivity contribution is 7.90. The molecule has 0 aromatic heterocycles. The normalized spacial score (nSPS) is 15.9. The van der Waals surface area contributed by atoms with Crippen LogP contribution < -0.4 is 4.72 Å². The molecule has 0 saturated carbocycles. The Balaban J connectivity index is 4.16. The molecule has 5 nitrogen and oxygen atoms in total. The number of hydrogen-bond donors (Lipinski definition) is 2. The Hall–Kier alpha value is -0.640. The Morgan fingerprint density at radius 1 is 1.57 bits per heavy atom. The van der Waals surface area contributed by atoms with Crippen LogP contribution in [-0.4, -0.2) is 31.4 Å². The van der Waals surface area contributed by atoms with Crippen LogP contribution in [0.3, 0.4) is 0 Å². The molecule has 0 aliphatic heterocycles. The van der Waals surface area contributed by atoms with E-state index in [4.69, 9.17) is 10.4 Å². The minimum Gasteiger partial charge on any atom is -0.393 e. The van der Waals surface area contributed by atoms with Crippen molar-refractivity contribution in [1.82, 2.24) is 4.72 Å². The Morgan fingerprint density at radius 2 is 2.14 bits per heavy atom. The van der Waals surface area contributed by atoms with Crippen molar-refractivity contribution in [3.05, 3.63) is 0 Å². The third-order valence-electron chi connectivity index (χ3n) is 1.75. The van der Waals surface area contributed by atoms with Crippen molar-refractivity contribution in [2.24, 2.45) is 0 Å². The van der Waals surface area contributed by atoms with Gasteiger partial charge in [-0.05, 0) is 19.8 Å². The minimum absolute atomic E-state index is 0.165. The van der Waals surface area contributed by atoms with Crippen LogP contribution in [-0.2, 0) is 10.0 Å². The van der Waals surface area contributed by atoms with E-state index in [0.717, 1.165) is 0 Å². The van der Waals surface area contributed by atoms with Crippen LogP contribution in [0.2, 0.25) is 0 Å². The fourth-order valence-electron chi connectivity index (χ4n) is 0.891. The van der Waals surface area contributed by atoms with E-state index in [1.807, 2.05) is 0 Å². The van der Waals surface area contributed by atoms with Gasteiger partial charge in [0.2, 0.25) is 10.0 Å². The number of nitrogens with one attached hydrogen (secondary N) is 1. The van der Waals surface area contributed by atoms with Crippen molar-refractivity contribution in [2.75, 3.05) is 6.54 Å². The molecule has 0 saturated heterocycles. The maximum atomic E-state index is 11.4. The zero-order valence-electron chi connectivity index (χ0n) is 8.40. The Labute approximate surface area is 84.8 Å². The van der Waals surface area contributed by atoms with Gasteiger partial charge >= 0.3 is 0 Å². The molecule has 14 heavy (non-hydrogen) atoms. The van der Waals surface area contributed by atoms with E-state index in [9.17, 15) is 8.42 Å². The first-order valence-corrected chi connectivity index (χ1v) is 6.04. The van der Waals surface area contributed by atoms with Gasteiger partial charge in [0.25, 0.3) is 0 Å². The van der Waals surface area contributed by atoms with Gasteiger partial charge in [-0.15, -0.1) is 0 Å². The lowest BCUT2D eigenvalue weighted by Crippen LogP contribution is -2.34. The van der Waals surface area contributed by atoms with Crippen molar-refractivity contribution in [3.8, 4) is 6.07 Å². The second-order valence-electron chi connectivity index (χ2n) is 3.10. The molecule has 6 heteroatoms. The van der Waals surface area contributed by atoms with Gasteiger partial charge in [-0.2, -0.15) is 5.26 Å². The molecular formula is C8H16N2O3S. The molecule has 2 atom stereocenters. The van der Waals surface area contributed by atoms with Gasteiger partial charge in [-0.25, -0.2) is 13.1 Å². The molecule has 82 valence electrons. The van der Waals surface area contributed by atoms with Gasteiger partial charge in [0.05, 0.1) is 12.2 Å². The summed E-state index contributed by atoms with van der Waals surface area (Å²) >= 11 is 0. The summed E-state index contributed by atoms with van der Waals surface area (Å²) in [5.41, 5.74) is 0. The fourth-order valence-corrected chi connectivity index (χ4v) is 2.07. The first-order chi connectivity index (χ1) is 6.44. The number of sulfonamides is 1. The van der Waals surface area contributed by atoms with E-state index in [1.54, 1.807) is 19.9 Å². The number of hydrogen-bond acceptors (Lipinski definition) is 4. The zero-order valence-corrected chi connectivity index (χ0v) is 9.21. The topological polar surface area (TPSA) is 90.2 Å². The molecule has 0 aromatic rings. The van der Waals surface area contributed by atoms with E-state index in [2.05, 4.69) is 4.72 Å². The summed E-state index contributed by atoms with van der Waals surface area (Å²) in [6.45, 7) is 3.38. The number of rotatable bonds is 6. The molecule has 0 rings (SSSR count). The first kappa shape index (κ1) is 13.4. The Morgan fingerprint density at radius 3 is 2.50 bits per heavy atom. The average Bonchev–Trinajstić information content (AvgIpc) is 2.04. The molecule has 0 bridgehead atoms. The van der Waals surface area contributed by atoms with Crippen LogP contribution in [0.1, 0.15) is 26.7 Å². The third kappa shape index (κ3) is 4.56. The molecule has 0 radical (unpaired) electrons. The van der Waals surface area contributed by atoms with Crippen molar-refractivity contribution >= 4 is 10.0 Å². The molecule has 0 spiro atoms. The number of nitriles is 1. The standard InChI is InChI=1S/C8H16N2O3S/c1-3-8(6-9)14(12,13)10-5-4-7(2)11/h7-8,10-11H,3-5H2,1-2H3. The molecule has 0 heterocycles. The molecule has 0 amide bonds. The summed E-state index contributed by atoms with van der Waals surface area (Å²) in [5.74, 6) is 0. The van der Waals surface area contributed by atoms with Crippen molar-refractivity contribution in [3.63, 3.8) is 0 Å². The highest BCUT2D eigenvalue weighted by Crippen LogP contribution is 2.02. The largest absolute Gasteiger partial charge is 0.393 e. The lowest BCUT2D eigenvalue weighted by atomic mass is 10.3. The second-order valence-corrected chi connectivity index (χ2v) is 5.05. The summed E-state index contributed by atoms with van der Waals surface area (Å²) in [6, 6.07) is 1.72. The Kier molecular flexibility index (Phi) is 5.69. The second kappa shape index (κ2) is 5.96. The SMILES string of the molecule is CCC(C#N)S(=O)(=O)NCCC(C)O. The molecule has 2 unspecified atom stereocenters. The zero-order chi connectivity index (χ0) is 11.2. The maximum Gasteiger partial charge on any atom is 0.227 e. The number of aliphatic hydroxyl groups excluding tert-OH is 1. The van der Waals surface area contributed by atoms with Crippen LogP contribution in [0.5, 0.6) is 0 Å². The quantitative estimate of drug-likeness (QED) is 0.658. The molecular weight excluding hydrogens is 204 g/mol. The Bertz CT molecular complexity index is 292. The lowest BCUT2D eigenvalue weighted by molar-refractivity contribution is 0.186. The summed E-state index contributed by atoms with van der Waals surface area (Å²) in [7, 11) is -3.54. The molecule has 0 aromatic carbocycles.